The number of carbonyl (C=O) groups is 1. The molecule has 29 heavy (non-hydrogen) atoms. The Bertz CT molecular complexity index is 673. The van der Waals surface area contributed by atoms with Crippen molar-refractivity contribution in [1.29, 1.82) is 0 Å². The van der Waals surface area contributed by atoms with Gasteiger partial charge in [0, 0.05) is 44.5 Å². The topological polar surface area (TPSA) is 36.0 Å². The van der Waals surface area contributed by atoms with E-state index in [2.05, 4.69) is 28.4 Å². The number of benzene rings is 1. The number of nitrogens with zero attached hydrogens (tertiary/aromatic N) is 3. The number of likely N-dealkylation sites (tertiary alicyclic amines) is 1. The molecular weight excluding hydrogens is 383 g/mol. The molecule has 2 saturated heterocycles. The molecule has 2 aliphatic heterocycles. The monoisotopic (exact) mass is 413 g/mol. The lowest BCUT2D eigenvalue weighted by Crippen LogP contribution is -2.53. The highest BCUT2D eigenvalue weighted by Crippen LogP contribution is 2.27. The fraction of sp³-hybridized carbons (Fsp3) is 0.667. The van der Waals surface area contributed by atoms with E-state index in [1.54, 1.807) is 12.1 Å². The first-order chi connectivity index (χ1) is 13.8. The van der Waals surface area contributed by atoms with Crippen LogP contribution >= 0.6 is 0 Å². The molecule has 1 amide bonds. The molecule has 2 aliphatic rings. The summed E-state index contributed by atoms with van der Waals surface area (Å²) in [6.07, 6.45) is -1.58. The molecule has 8 heteroatoms. The number of piperazine rings is 1. The maximum atomic E-state index is 13.0. The first-order valence-corrected chi connectivity index (χ1v) is 10.4. The average Bonchev–Trinajstić information content (AvgIpc) is 2.72. The fourth-order valence-corrected chi connectivity index (χ4v) is 4.17. The zero-order chi connectivity index (χ0) is 21.0. The Kier molecular flexibility index (Phi) is 6.93. The Hall–Kier alpha value is -1.96. The van der Waals surface area contributed by atoms with Crippen molar-refractivity contribution >= 4 is 11.6 Å². The molecule has 0 radical (unpaired) electrons. The summed E-state index contributed by atoms with van der Waals surface area (Å²) >= 11 is 0. The van der Waals surface area contributed by atoms with Crippen LogP contribution in [0, 0.1) is 5.92 Å². The second-order valence-electron chi connectivity index (χ2n) is 7.95. The predicted molar refractivity (Wildman–Crippen MR) is 106 cm³/mol. The molecule has 5 nitrogen and oxygen atoms in total. The largest absolute Gasteiger partial charge is 0.573 e. The number of halogens is 3. The Morgan fingerprint density at radius 1 is 1.14 bits per heavy atom. The number of alkyl halides is 3. The molecule has 0 aliphatic carbocycles. The van der Waals surface area contributed by atoms with Gasteiger partial charge >= 0.3 is 6.36 Å². The SMILES string of the molecule is CCC(C)N1CCCC(C(=O)N2CCN(c3ccc(OC(F)(F)F)cc3)CC2)C1. The van der Waals surface area contributed by atoms with Gasteiger partial charge in [-0.05, 0) is 57.0 Å². The van der Waals surface area contributed by atoms with Crippen LogP contribution in [0.3, 0.4) is 0 Å². The van der Waals surface area contributed by atoms with Crippen LogP contribution in [0.4, 0.5) is 18.9 Å². The summed E-state index contributed by atoms with van der Waals surface area (Å²) in [5.41, 5.74) is 0.840. The highest BCUT2D eigenvalue weighted by molar-refractivity contribution is 5.79. The van der Waals surface area contributed by atoms with Gasteiger partial charge in [0.2, 0.25) is 5.91 Å². The zero-order valence-corrected chi connectivity index (χ0v) is 17.1. The van der Waals surface area contributed by atoms with E-state index in [1.807, 2.05) is 4.90 Å². The minimum Gasteiger partial charge on any atom is -0.406 e. The second kappa shape index (κ2) is 9.24. The second-order valence-corrected chi connectivity index (χ2v) is 7.95. The Labute approximate surface area is 170 Å². The van der Waals surface area contributed by atoms with Gasteiger partial charge in [-0.1, -0.05) is 6.92 Å². The van der Waals surface area contributed by atoms with Crippen molar-refractivity contribution in [2.75, 3.05) is 44.2 Å². The zero-order valence-electron chi connectivity index (χ0n) is 17.1. The molecule has 2 atom stereocenters. The summed E-state index contributed by atoms with van der Waals surface area (Å²) < 4.78 is 40.8. The van der Waals surface area contributed by atoms with Crippen LogP contribution in [0.2, 0.25) is 0 Å². The maximum Gasteiger partial charge on any atom is 0.573 e. The maximum absolute atomic E-state index is 13.0. The van der Waals surface area contributed by atoms with E-state index in [9.17, 15) is 18.0 Å². The third-order valence-electron chi connectivity index (χ3n) is 6.04. The van der Waals surface area contributed by atoms with Gasteiger partial charge in [-0.2, -0.15) is 0 Å². The van der Waals surface area contributed by atoms with E-state index in [-0.39, 0.29) is 17.6 Å². The number of ether oxygens (including phenoxy) is 1. The van der Waals surface area contributed by atoms with Gasteiger partial charge in [0.15, 0.2) is 0 Å². The van der Waals surface area contributed by atoms with Crippen molar-refractivity contribution in [3.05, 3.63) is 24.3 Å². The van der Waals surface area contributed by atoms with Crippen molar-refractivity contribution in [1.82, 2.24) is 9.80 Å². The first-order valence-electron chi connectivity index (χ1n) is 10.4. The number of hydrogen-bond donors (Lipinski definition) is 0. The van der Waals surface area contributed by atoms with Crippen molar-refractivity contribution < 1.29 is 22.7 Å². The van der Waals surface area contributed by atoms with Crippen LogP contribution in [-0.4, -0.2) is 67.4 Å². The van der Waals surface area contributed by atoms with Gasteiger partial charge in [-0.15, -0.1) is 13.2 Å². The third kappa shape index (κ3) is 5.78. The molecule has 0 spiro atoms. The standard InChI is InChI=1S/C21H30F3N3O2/c1-3-16(2)27-10-4-5-17(15-27)20(28)26-13-11-25(12-14-26)18-6-8-19(9-7-18)29-21(22,23)24/h6-9,16-17H,3-5,10-15H2,1-2H3. The lowest BCUT2D eigenvalue weighted by atomic mass is 9.94. The normalized spacial score (nSPS) is 22.4. The minimum absolute atomic E-state index is 0.0723. The number of piperidine rings is 1. The van der Waals surface area contributed by atoms with Gasteiger partial charge in [0.1, 0.15) is 5.75 Å². The number of rotatable bonds is 5. The quantitative estimate of drug-likeness (QED) is 0.737. The van der Waals surface area contributed by atoms with Crippen molar-refractivity contribution in [2.24, 2.45) is 5.92 Å². The molecule has 0 aromatic heterocycles. The summed E-state index contributed by atoms with van der Waals surface area (Å²) in [5.74, 6) is 0.0907. The fourth-order valence-electron chi connectivity index (χ4n) is 4.17. The molecule has 2 unspecified atom stereocenters. The van der Waals surface area contributed by atoms with Crippen LogP contribution in [0.15, 0.2) is 24.3 Å². The van der Waals surface area contributed by atoms with Crippen LogP contribution in [-0.2, 0) is 4.79 Å². The molecule has 2 heterocycles. The summed E-state index contributed by atoms with van der Waals surface area (Å²) in [6.45, 7) is 8.93. The molecule has 3 rings (SSSR count). The van der Waals surface area contributed by atoms with Crippen LogP contribution in [0.25, 0.3) is 0 Å². The van der Waals surface area contributed by atoms with E-state index in [0.717, 1.165) is 38.0 Å². The smallest absolute Gasteiger partial charge is 0.406 e. The highest BCUT2D eigenvalue weighted by atomic mass is 19.4. The van der Waals surface area contributed by atoms with Gasteiger partial charge < -0.3 is 14.5 Å². The molecule has 0 N–H and O–H groups in total. The number of hydrogen-bond acceptors (Lipinski definition) is 4. The molecular formula is C21H30F3N3O2. The first kappa shape index (κ1) is 21.7. The number of anilines is 1. The van der Waals surface area contributed by atoms with Crippen molar-refractivity contribution in [3.63, 3.8) is 0 Å². The van der Waals surface area contributed by atoms with E-state index < -0.39 is 6.36 Å². The van der Waals surface area contributed by atoms with E-state index in [1.165, 1.54) is 12.1 Å². The predicted octanol–water partition coefficient (Wildman–Crippen LogP) is 3.74. The van der Waals surface area contributed by atoms with Crippen LogP contribution < -0.4 is 9.64 Å². The molecule has 0 saturated carbocycles. The third-order valence-corrected chi connectivity index (χ3v) is 6.04. The van der Waals surface area contributed by atoms with Gasteiger partial charge in [0.25, 0.3) is 0 Å². The number of carbonyl (C=O) groups excluding carboxylic acids is 1. The molecule has 1 aromatic carbocycles. The average molecular weight is 413 g/mol. The Balaban J connectivity index is 1.51. The summed E-state index contributed by atoms with van der Waals surface area (Å²) in [7, 11) is 0. The van der Waals surface area contributed by atoms with Crippen LogP contribution in [0.1, 0.15) is 33.1 Å². The van der Waals surface area contributed by atoms with Crippen LogP contribution in [0.5, 0.6) is 5.75 Å². The Morgan fingerprint density at radius 2 is 1.79 bits per heavy atom. The molecule has 0 bridgehead atoms. The van der Waals surface area contributed by atoms with Gasteiger partial charge in [-0.3, -0.25) is 9.69 Å². The lowest BCUT2D eigenvalue weighted by Gasteiger charge is -2.41. The molecule has 1 aromatic rings. The van der Waals surface area contributed by atoms with Gasteiger partial charge in [-0.25, -0.2) is 0 Å². The van der Waals surface area contributed by atoms with E-state index in [0.29, 0.717) is 32.2 Å². The molecule has 162 valence electrons. The van der Waals surface area contributed by atoms with E-state index >= 15 is 0 Å². The lowest BCUT2D eigenvalue weighted by molar-refractivity contribution is -0.274. The van der Waals surface area contributed by atoms with E-state index in [4.69, 9.17) is 0 Å². The molecule has 2 fully saturated rings. The van der Waals surface area contributed by atoms with Crippen molar-refractivity contribution in [2.45, 2.75) is 45.5 Å². The van der Waals surface area contributed by atoms with Gasteiger partial charge in [0.05, 0.1) is 5.92 Å². The Morgan fingerprint density at radius 3 is 2.38 bits per heavy atom. The van der Waals surface area contributed by atoms with Crippen molar-refractivity contribution in [3.8, 4) is 5.75 Å². The summed E-state index contributed by atoms with van der Waals surface area (Å²) in [5, 5.41) is 0. The minimum atomic E-state index is -4.68. The summed E-state index contributed by atoms with van der Waals surface area (Å²) in [4.78, 5) is 19.4. The summed E-state index contributed by atoms with van der Waals surface area (Å²) in [6, 6.07) is 6.41. The number of amides is 1. The highest BCUT2D eigenvalue weighted by Gasteiger charge is 2.33.